The molecule has 0 bridgehead atoms. The molecule has 0 amide bonds. The zero-order valence-corrected chi connectivity index (χ0v) is 12.5. The molecule has 0 aliphatic heterocycles. The van der Waals surface area contributed by atoms with Crippen molar-refractivity contribution in [1.29, 1.82) is 0 Å². The minimum Gasteiger partial charge on any atom is -0.497 e. The van der Waals surface area contributed by atoms with E-state index >= 15 is 0 Å². The van der Waals surface area contributed by atoms with Crippen molar-refractivity contribution in [2.24, 2.45) is 0 Å². The third-order valence-corrected chi connectivity index (χ3v) is 3.53. The molecule has 20 heavy (non-hydrogen) atoms. The van der Waals surface area contributed by atoms with Gasteiger partial charge in [0.15, 0.2) is 6.29 Å². The monoisotopic (exact) mass is 310 g/mol. The molecule has 2 aromatic carbocycles. The molecule has 3 nitrogen and oxygen atoms in total. The second-order valence-corrected chi connectivity index (χ2v) is 4.85. The number of hydrogen-bond donors (Lipinski definition) is 0. The van der Waals surface area contributed by atoms with Crippen LogP contribution >= 0.6 is 23.2 Å². The van der Waals surface area contributed by atoms with Gasteiger partial charge in [0.1, 0.15) is 11.5 Å². The third kappa shape index (κ3) is 2.74. The molecule has 5 heteroatoms. The van der Waals surface area contributed by atoms with E-state index in [1.54, 1.807) is 37.4 Å². The van der Waals surface area contributed by atoms with Gasteiger partial charge in [0.2, 0.25) is 0 Å². The summed E-state index contributed by atoms with van der Waals surface area (Å²) in [6, 6.07) is 8.48. The second kappa shape index (κ2) is 6.16. The molecule has 2 rings (SSSR count). The highest BCUT2D eigenvalue weighted by Crippen LogP contribution is 2.38. The number of hydrogen-bond acceptors (Lipinski definition) is 3. The van der Waals surface area contributed by atoms with Crippen LogP contribution in [0.25, 0.3) is 11.1 Å². The fraction of sp³-hybridized carbons (Fsp3) is 0.133. The van der Waals surface area contributed by atoms with Crippen LogP contribution in [0.1, 0.15) is 10.4 Å². The molecular formula is C15H12Cl2O3. The summed E-state index contributed by atoms with van der Waals surface area (Å²) in [5.41, 5.74) is 1.84. The second-order valence-electron chi connectivity index (χ2n) is 4.04. The minimum atomic E-state index is 0.430. The van der Waals surface area contributed by atoms with Crippen molar-refractivity contribution in [3.63, 3.8) is 0 Å². The van der Waals surface area contributed by atoms with Crippen molar-refractivity contribution in [3.8, 4) is 22.6 Å². The largest absolute Gasteiger partial charge is 0.497 e. The Morgan fingerprint density at radius 3 is 2.30 bits per heavy atom. The van der Waals surface area contributed by atoms with Crippen LogP contribution in [0.15, 0.2) is 30.3 Å². The first-order valence-corrected chi connectivity index (χ1v) is 6.53. The molecule has 0 heterocycles. The topological polar surface area (TPSA) is 35.5 Å². The normalized spacial score (nSPS) is 10.2. The first-order chi connectivity index (χ1) is 9.60. The number of halogens is 2. The third-order valence-electron chi connectivity index (χ3n) is 2.92. The predicted molar refractivity (Wildman–Crippen MR) is 80.4 cm³/mol. The molecule has 0 fully saturated rings. The van der Waals surface area contributed by atoms with Crippen LogP contribution in [-0.2, 0) is 0 Å². The number of methoxy groups -OCH3 is 2. The molecule has 0 aliphatic rings. The molecule has 0 atom stereocenters. The molecule has 0 radical (unpaired) electrons. The van der Waals surface area contributed by atoms with E-state index in [4.69, 9.17) is 32.7 Å². The molecule has 0 aliphatic carbocycles. The van der Waals surface area contributed by atoms with Gasteiger partial charge in [-0.25, -0.2) is 0 Å². The van der Waals surface area contributed by atoms with E-state index < -0.39 is 0 Å². The Morgan fingerprint density at radius 2 is 1.70 bits per heavy atom. The van der Waals surface area contributed by atoms with Gasteiger partial charge >= 0.3 is 0 Å². The van der Waals surface area contributed by atoms with Crippen molar-refractivity contribution >= 4 is 29.5 Å². The number of carbonyl (C=O) groups is 1. The van der Waals surface area contributed by atoms with Crippen molar-refractivity contribution in [1.82, 2.24) is 0 Å². The van der Waals surface area contributed by atoms with Crippen LogP contribution in [0.2, 0.25) is 10.0 Å². The van der Waals surface area contributed by atoms with Crippen molar-refractivity contribution in [2.45, 2.75) is 0 Å². The SMILES string of the molecule is COc1ccc(-c2cc(Cl)c(OC)cc2Cl)c(C=O)c1. The van der Waals surface area contributed by atoms with Crippen LogP contribution in [0.4, 0.5) is 0 Å². The summed E-state index contributed by atoms with van der Waals surface area (Å²) < 4.78 is 10.2. The molecule has 0 aromatic heterocycles. The Morgan fingerprint density at radius 1 is 0.950 bits per heavy atom. The zero-order valence-electron chi connectivity index (χ0n) is 10.9. The predicted octanol–water partition coefficient (Wildman–Crippen LogP) is 4.49. The van der Waals surface area contributed by atoms with Gasteiger partial charge in [0.25, 0.3) is 0 Å². The molecule has 0 unspecified atom stereocenters. The molecule has 0 spiro atoms. The smallest absolute Gasteiger partial charge is 0.150 e. The lowest BCUT2D eigenvalue weighted by molar-refractivity contribution is 0.112. The molecule has 2 aromatic rings. The highest BCUT2D eigenvalue weighted by Gasteiger charge is 2.13. The summed E-state index contributed by atoms with van der Waals surface area (Å²) >= 11 is 12.3. The van der Waals surface area contributed by atoms with Gasteiger partial charge in [-0.05, 0) is 29.8 Å². The fourth-order valence-corrected chi connectivity index (χ4v) is 2.40. The van der Waals surface area contributed by atoms with Gasteiger partial charge in [-0.15, -0.1) is 0 Å². The van der Waals surface area contributed by atoms with E-state index in [-0.39, 0.29) is 0 Å². The van der Waals surface area contributed by atoms with Crippen molar-refractivity contribution in [3.05, 3.63) is 45.9 Å². The molecule has 104 valence electrons. The summed E-state index contributed by atoms with van der Waals surface area (Å²) in [6.07, 6.45) is 0.756. The molecular weight excluding hydrogens is 299 g/mol. The number of benzene rings is 2. The fourth-order valence-electron chi connectivity index (χ4n) is 1.90. The lowest BCUT2D eigenvalue weighted by atomic mass is 10.00. The van der Waals surface area contributed by atoms with Gasteiger partial charge in [0, 0.05) is 17.2 Å². The van der Waals surface area contributed by atoms with Crippen molar-refractivity contribution in [2.75, 3.05) is 14.2 Å². The van der Waals surface area contributed by atoms with E-state index in [9.17, 15) is 4.79 Å². The quantitative estimate of drug-likeness (QED) is 0.780. The van der Waals surface area contributed by atoms with Gasteiger partial charge < -0.3 is 9.47 Å². The standard InChI is InChI=1S/C15H12Cl2O3/c1-19-10-3-4-11(9(5-10)8-18)12-6-14(17)15(20-2)7-13(12)16/h3-8H,1-2H3. The Hall–Kier alpha value is -1.71. The number of carbonyl (C=O) groups excluding carboxylic acids is 1. The van der Waals surface area contributed by atoms with E-state index in [0.717, 1.165) is 6.29 Å². The highest BCUT2D eigenvalue weighted by atomic mass is 35.5. The number of ether oxygens (including phenoxy) is 2. The highest BCUT2D eigenvalue weighted by molar-refractivity contribution is 6.36. The van der Waals surface area contributed by atoms with Gasteiger partial charge in [-0.2, -0.15) is 0 Å². The molecule has 0 N–H and O–H groups in total. The van der Waals surface area contributed by atoms with Gasteiger partial charge in [-0.3, -0.25) is 4.79 Å². The summed E-state index contributed by atoms with van der Waals surface area (Å²) in [5.74, 6) is 1.09. The van der Waals surface area contributed by atoms with Crippen LogP contribution in [0.3, 0.4) is 0 Å². The lowest BCUT2D eigenvalue weighted by Gasteiger charge is -2.12. The summed E-state index contributed by atoms with van der Waals surface area (Å²) in [6.45, 7) is 0. The van der Waals surface area contributed by atoms with Crippen LogP contribution < -0.4 is 9.47 Å². The molecule has 0 saturated carbocycles. The Kier molecular flexibility index (Phi) is 4.53. The lowest BCUT2D eigenvalue weighted by Crippen LogP contribution is -1.92. The first kappa shape index (κ1) is 14.7. The average molecular weight is 311 g/mol. The first-order valence-electron chi connectivity index (χ1n) is 5.77. The van der Waals surface area contributed by atoms with Crippen LogP contribution in [0, 0.1) is 0 Å². The van der Waals surface area contributed by atoms with Crippen molar-refractivity contribution < 1.29 is 14.3 Å². The van der Waals surface area contributed by atoms with Gasteiger partial charge in [-0.1, -0.05) is 23.2 Å². The summed E-state index contributed by atoms with van der Waals surface area (Å²) in [5, 5.41) is 0.888. The van der Waals surface area contributed by atoms with E-state index in [1.165, 1.54) is 7.11 Å². The molecule has 0 saturated heterocycles. The minimum absolute atomic E-state index is 0.430. The summed E-state index contributed by atoms with van der Waals surface area (Å²) in [4.78, 5) is 11.2. The maximum Gasteiger partial charge on any atom is 0.150 e. The zero-order chi connectivity index (χ0) is 14.7. The van der Waals surface area contributed by atoms with E-state index in [1.807, 2.05) is 0 Å². The number of rotatable bonds is 4. The Bertz CT molecular complexity index is 654. The van der Waals surface area contributed by atoms with Crippen LogP contribution in [0.5, 0.6) is 11.5 Å². The summed E-state index contributed by atoms with van der Waals surface area (Å²) in [7, 11) is 3.06. The van der Waals surface area contributed by atoms with E-state index in [0.29, 0.717) is 38.2 Å². The Labute approximate surface area is 127 Å². The number of aldehydes is 1. The van der Waals surface area contributed by atoms with Crippen LogP contribution in [-0.4, -0.2) is 20.5 Å². The van der Waals surface area contributed by atoms with E-state index in [2.05, 4.69) is 0 Å². The maximum atomic E-state index is 11.2. The maximum absolute atomic E-state index is 11.2. The van der Waals surface area contributed by atoms with Gasteiger partial charge in [0.05, 0.1) is 24.3 Å². The average Bonchev–Trinajstić information content (AvgIpc) is 2.48. The Balaban J connectivity index is 2.62.